The minimum absolute atomic E-state index is 0.148. The third-order valence-electron chi connectivity index (χ3n) is 9.03. The zero-order valence-corrected chi connectivity index (χ0v) is 22.0. The van der Waals surface area contributed by atoms with Gasteiger partial charge in [-0.3, -0.25) is 19.5 Å². The van der Waals surface area contributed by atoms with Gasteiger partial charge in [0.05, 0.1) is 0 Å². The largest absolute Gasteiger partial charge is 0.361 e. The SMILES string of the molecule is CN1CCC2(CC1)N=C(c1ccc(-c3ccc4[nH]ccc4c3)cc1)N(CC1CCN(C(=O)C3CC3)C1)C2=O. The molecule has 7 heteroatoms. The van der Waals surface area contributed by atoms with Crippen LogP contribution in [0.2, 0.25) is 0 Å². The van der Waals surface area contributed by atoms with Crippen molar-refractivity contribution >= 4 is 28.6 Å². The highest BCUT2D eigenvalue weighted by atomic mass is 16.2. The molecule has 0 radical (unpaired) electrons. The molecule has 1 saturated carbocycles. The van der Waals surface area contributed by atoms with Gasteiger partial charge in [0.25, 0.3) is 5.91 Å². The number of piperidine rings is 1. The van der Waals surface area contributed by atoms with E-state index in [0.717, 1.165) is 80.8 Å². The van der Waals surface area contributed by atoms with Crippen LogP contribution in [0.1, 0.15) is 37.7 Å². The molecule has 7 nitrogen and oxygen atoms in total. The van der Waals surface area contributed by atoms with Gasteiger partial charge >= 0.3 is 0 Å². The number of amides is 2. The van der Waals surface area contributed by atoms with Crippen LogP contribution in [0.15, 0.2) is 59.7 Å². The number of hydrogen-bond donors (Lipinski definition) is 1. The second-order valence-corrected chi connectivity index (χ2v) is 11.8. The Morgan fingerprint density at radius 2 is 1.71 bits per heavy atom. The number of likely N-dealkylation sites (tertiary alicyclic amines) is 2. The third kappa shape index (κ3) is 4.13. The molecule has 2 saturated heterocycles. The van der Waals surface area contributed by atoms with E-state index >= 15 is 0 Å². The first-order valence-corrected chi connectivity index (χ1v) is 14.1. The summed E-state index contributed by atoms with van der Waals surface area (Å²) in [5.74, 6) is 1.81. The number of aromatic nitrogens is 1. The molecule has 196 valence electrons. The number of H-pyrrole nitrogens is 1. The fourth-order valence-corrected chi connectivity index (χ4v) is 6.44. The number of benzene rings is 2. The van der Waals surface area contributed by atoms with Crippen molar-refractivity contribution in [1.82, 2.24) is 19.7 Å². The van der Waals surface area contributed by atoms with Crippen molar-refractivity contribution in [3.05, 3.63) is 60.3 Å². The first-order valence-electron chi connectivity index (χ1n) is 14.1. The van der Waals surface area contributed by atoms with Crippen LogP contribution in [0.3, 0.4) is 0 Å². The highest BCUT2D eigenvalue weighted by Gasteiger charge is 2.50. The van der Waals surface area contributed by atoms with Crippen LogP contribution in [0.25, 0.3) is 22.0 Å². The molecule has 1 aliphatic carbocycles. The predicted molar refractivity (Wildman–Crippen MR) is 149 cm³/mol. The summed E-state index contributed by atoms with van der Waals surface area (Å²) in [6.45, 7) is 3.96. The first kappa shape index (κ1) is 23.7. The summed E-state index contributed by atoms with van der Waals surface area (Å²) in [6, 6.07) is 17.0. The van der Waals surface area contributed by atoms with Gasteiger partial charge in [0.1, 0.15) is 11.4 Å². The van der Waals surface area contributed by atoms with Crippen LogP contribution in [-0.4, -0.2) is 82.6 Å². The van der Waals surface area contributed by atoms with E-state index in [2.05, 4.69) is 65.5 Å². The first-order chi connectivity index (χ1) is 18.5. The maximum absolute atomic E-state index is 14.0. The standard InChI is InChI=1S/C31H35N5O2/c1-34-16-12-31(13-17-34)30(38)36(20-21-11-15-35(19-21)29(37)24-6-7-24)28(33-31)23-4-2-22(3-5-23)25-8-9-27-26(18-25)10-14-32-27/h2-5,8-10,14,18,21,24,32H,6-7,11-13,15-17,19-20H2,1H3. The molecular formula is C31H35N5O2. The van der Waals surface area contributed by atoms with Crippen LogP contribution in [0, 0.1) is 11.8 Å². The van der Waals surface area contributed by atoms with E-state index in [0.29, 0.717) is 18.4 Å². The third-order valence-corrected chi connectivity index (χ3v) is 9.03. The molecule has 2 aromatic carbocycles. The zero-order chi connectivity index (χ0) is 25.9. The Hall–Kier alpha value is -3.45. The summed E-state index contributed by atoms with van der Waals surface area (Å²) >= 11 is 0. The highest BCUT2D eigenvalue weighted by Crippen LogP contribution is 2.37. The molecule has 38 heavy (non-hydrogen) atoms. The van der Waals surface area contributed by atoms with E-state index in [9.17, 15) is 9.59 Å². The summed E-state index contributed by atoms with van der Waals surface area (Å²) in [4.78, 5) is 41.3. The fraction of sp³-hybridized carbons (Fsp3) is 0.452. The lowest BCUT2D eigenvalue weighted by Gasteiger charge is -2.34. The van der Waals surface area contributed by atoms with Crippen molar-refractivity contribution in [2.24, 2.45) is 16.8 Å². The molecule has 4 aliphatic rings. The van der Waals surface area contributed by atoms with Gasteiger partial charge in [-0.15, -0.1) is 0 Å². The van der Waals surface area contributed by atoms with Crippen LogP contribution in [-0.2, 0) is 9.59 Å². The Bertz CT molecular complexity index is 1410. The van der Waals surface area contributed by atoms with E-state index in [1.165, 1.54) is 10.9 Å². The maximum atomic E-state index is 14.0. The van der Waals surface area contributed by atoms with Gasteiger partial charge in [-0.25, -0.2) is 0 Å². The molecule has 1 N–H and O–H groups in total. The van der Waals surface area contributed by atoms with Crippen LogP contribution >= 0.6 is 0 Å². The second kappa shape index (κ2) is 9.09. The van der Waals surface area contributed by atoms with Gasteiger partial charge in [-0.05, 0) is 79.8 Å². The van der Waals surface area contributed by atoms with Gasteiger partial charge in [0.2, 0.25) is 5.91 Å². The zero-order valence-electron chi connectivity index (χ0n) is 22.0. The topological polar surface area (TPSA) is 72.0 Å². The molecule has 1 atom stereocenters. The van der Waals surface area contributed by atoms with E-state index < -0.39 is 5.54 Å². The normalized spacial score (nSPS) is 23.6. The van der Waals surface area contributed by atoms with E-state index in [4.69, 9.17) is 4.99 Å². The van der Waals surface area contributed by atoms with Crippen LogP contribution < -0.4 is 0 Å². The van der Waals surface area contributed by atoms with E-state index in [1.807, 2.05) is 16.0 Å². The molecule has 3 fully saturated rings. The smallest absolute Gasteiger partial charge is 0.256 e. The lowest BCUT2D eigenvalue weighted by molar-refractivity contribution is -0.133. The number of rotatable bonds is 5. The summed E-state index contributed by atoms with van der Waals surface area (Å²) in [5.41, 5.74) is 3.79. The minimum atomic E-state index is -0.651. The van der Waals surface area contributed by atoms with Gasteiger partial charge in [-0.2, -0.15) is 0 Å². The number of carbonyl (C=O) groups is 2. The van der Waals surface area contributed by atoms with Gasteiger partial charge < -0.3 is 14.8 Å². The van der Waals surface area contributed by atoms with Crippen molar-refractivity contribution in [3.8, 4) is 11.1 Å². The van der Waals surface area contributed by atoms with Gasteiger partial charge in [-0.1, -0.05) is 30.3 Å². The molecule has 7 rings (SSSR count). The summed E-state index contributed by atoms with van der Waals surface area (Å²) < 4.78 is 0. The van der Waals surface area contributed by atoms with E-state index in [1.54, 1.807) is 0 Å². The van der Waals surface area contributed by atoms with Crippen LogP contribution in [0.4, 0.5) is 0 Å². The average molecular weight is 510 g/mol. The van der Waals surface area contributed by atoms with Crippen LogP contribution in [0.5, 0.6) is 0 Å². The number of fused-ring (bicyclic) bond motifs is 1. The molecule has 0 bridgehead atoms. The van der Waals surface area contributed by atoms with Crippen molar-refractivity contribution < 1.29 is 9.59 Å². The predicted octanol–water partition coefficient (Wildman–Crippen LogP) is 4.15. The number of nitrogens with one attached hydrogen (secondary N) is 1. The minimum Gasteiger partial charge on any atom is -0.361 e. The number of hydrogen-bond acceptors (Lipinski definition) is 4. The Kier molecular flexibility index (Phi) is 5.65. The number of aromatic amines is 1. The lowest BCUT2D eigenvalue weighted by atomic mass is 9.87. The highest BCUT2D eigenvalue weighted by molar-refractivity contribution is 6.15. The summed E-state index contributed by atoms with van der Waals surface area (Å²) in [7, 11) is 2.11. The number of nitrogens with zero attached hydrogens (tertiary/aromatic N) is 4. The Morgan fingerprint density at radius 3 is 2.47 bits per heavy atom. The Balaban J connectivity index is 1.16. The van der Waals surface area contributed by atoms with Gasteiger partial charge in [0, 0.05) is 55.9 Å². The summed E-state index contributed by atoms with van der Waals surface area (Å²) in [6.07, 6.45) is 6.50. The average Bonchev–Trinajstić information content (AvgIpc) is 3.40. The Labute approximate surface area is 223 Å². The lowest BCUT2D eigenvalue weighted by Crippen LogP contribution is -2.50. The second-order valence-electron chi connectivity index (χ2n) is 11.8. The molecule has 3 aliphatic heterocycles. The molecule has 1 unspecified atom stereocenters. The van der Waals surface area contributed by atoms with Gasteiger partial charge in [0.15, 0.2) is 0 Å². The van der Waals surface area contributed by atoms with E-state index in [-0.39, 0.29) is 11.8 Å². The fourth-order valence-electron chi connectivity index (χ4n) is 6.44. The molecule has 3 aromatic rings. The molecule has 4 heterocycles. The molecule has 1 aromatic heterocycles. The molecular weight excluding hydrogens is 474 g/mol. The molecule has 2 amide bonds. The van der Waals surface area contributed by atoms with Crippen molar-refractivity contribution in [1.29, 1.82) is 0 Å². The maximum Gasteiger partial charge on any atom is 0.256 e. The molecule has 1 spiro atoms. The number of carbonyl (C=O) groups excluding carboxylic acids is 2. The Morgan fingerprint density at radius 1 is 0.974 bits per heavy atom. The van der Waals surface area contributed by atoms with Crippen molar-refractivity contribution in [2.75, 3.05) is 39.8 Å². The number of aliphatic imine (C=N–C) groups is 1. The number of amidine groups is 1. The summed E-state index contributed by atoms with van der Waals surface area (Å²) in [5, 5.41) is 1.19. The van der Waals surface area contributed by atoms with Crippen molar-refractivity contribution in [2.45, 2.75) is 37.6 Å². The van der Waals surface area contributed by atoms with Crippen molar-refractivity contribution in [3.63, 3.8) is 0 Å². The quantitative estimate of drug-likeness (QED) is 0.562. The monoisotopic (exact) mass is 509 g/mol.